The summed E-state index contributed by atoms with van der Waals surface area (Å²) in [4.78, 5) is 0. The minimum absolute atomic E-state index is 0.416. The number of ether oxygens (including phenoxy) is 2. The minimum Gasteiger partial charge on any atom is -0.383 e. The van der Waals surface area contributed by atoms with Gasteiger partial charge in [0.15, 0.2) is 0 Å². The Labute approximate surface area is 93.5 Å². The van der Waals surface area contributed by atoms with Crippen LogP contribution in [0.3, 0.4) is 0 Å². The van der Waals surface area contributed by atoms with Crippen LogP contribution in [0.5, 0.6) is 0 Å². The average Bonchev–Trinajstić information content (AvgIpc) is 2.25. The lowest BCUT2D eigenvalue weighted by molar-refractivity contribution is 0.0212. The van der Waals surface area contributed by atoms with E-state index in [1.54, 1.807) is 7.11 Å². The zero-order chi connectivity index (χ0) is 11.1. The van der Waals surface area contributed by atoms with Crippen LogP contribution in [0.2, 0.25) is 0 Å². The van der Waals surface area contributed by atoms with E-state index in [0.29, 0.717) is 11.5 Å². The van der Waals surface area contributed by atoms with Gasteiger partial charge in [-0.05, 0) is 24.7 Å². The molecule has 0 aromatic rings. The Morgan fingerprint density at radius 1 is 1.40 bits per heavy atom. The summed E-state index contributed by atoms with van der Waals surface area (Å²) in [7, 11) is 1.76. The lowest BCUT2D eigenvalue weighted by atomic mass is 9.82. The van der Waals surface area contributed by atoms with E-state index in [9.17, 15) is 0 Å². The largest absolute Gasteiger partial charge is 0.383 e. The fourth-order valence-electron chi connectivity index (χ4n) is 1.95. The van der Waals surface area contributed by atoms with Gasteiger partial charge in [0.2, 0.25) is 0 Å². The molecule has 15 heavy (non-hydrogen) atoms. The molecular weight excluding hydrogens is 190 g/mol. The van der Waals surface area contributed by atoms with Crippen LogP contribution in [0.25, 0.3) is 0 Å². The van der Waals surface area contributed by atoms with Crippen molar-refractivity contribution in [1.82, 2.24) is 5.32 Å². The highest BCUT2D eigenvalue weighted by molar-refractivity contribution is 4.81. The summed E-state index contributed by atoms with van der Waals surface area (Å²) in [6.07, 6.45) is 3.47. The summed E-state index contributed by atoms with van der Waals surface area (Å²) < 4.78 is 10.6. The number of methoxy groups -OCH3 is 1. The Balaban J connectivity index is 2.26. The summed E-state index contributed by atoms with van der Waals surface area (Å²) in [5.74, 6) is 0. The van der Waals surface area contributed by atoms with E-state index in [-0.39, 0.29) is 0 Å². The molecule has 1 N–H and O–H groups in total. The quantitative estimate of drug-likeness (QED) is 0.733. The molecule has 90 valence electrons. The maximum atomic E-state index is 5.39. The Kier molecular flexibility index (Phi) is 5.58. The van der Waals surface area contributed by atoms with E-state index < -0.39 is 0 Å². The molecule has 1 atom stereocenters. The highest BCUT2D eigenvalue weighted by Gasteiger charge is 2.27. The third-order valence-electron chi connectivity index (χ3n) is 3.38. The lowest BCUT2D eigenvalue weighted by Gasteiger charge is -2.35. The molecule has 0 amide bonds. The molecule has 0 bridgehead atoms. The SMILES string of the molecule is CCC(COC)NCC1(C)CCOCC1. The summed E-state index contributed by atoms with van der Waals surface area (Å²) in [5.41, 5.74) is 0.416. The zero-order valence-corrected chi connectivity index (χ0v) is 10.3. The van der Waals surface area contributed by atoms with Crippen molar-refractivity contribution >= 4 is 0 Å². The van der Waals surface area contributed by atoms with E-state index in [4.69, 9.17) is 9.47 Å². The van der Waals surface area contributed by atoms with Gasteiger partial charge in [-0.2, -0.15) is 0 Å². The van der Waals surface area contributed by atoms with Gasteiger partial charge < -0.3 is 14.8 Å². The summed E-state index contributed by atoms with van der Waals surface area (Å²) >= 11 is 0. The first kappa shape index (κ1) is 12.9. The van der Waals surface area contributed by atoms with Crippen LogP contribution in [0, 0.1) is 5.41 Å². The van der Waals surface area contributed by atoms with Crippen molar-refractivity contribution in [3.8, 4) is 0 Å². The predicted molar refractivity (Wildman–Crippen MR) is 62.1 cm³/mol. The molecule has 0 spiro atoms. The van der Waals surface area contributed by atoms with Gasteiger partial charge in [-0.25, -0.2) is 0 Å². The molecule has 3 nitrogen and oxygen atoms in total. The first-order valence-electron chi connectivity index (χ1n) is 6.00. The molecule has 0 aromatic heterocycles. The molecule has 1 aliphatic rings. The second kappa shape index (κ2) is 6.46. The second-order valence-corrected chi connectivity index (χ2v) is 4.86. The Bertz CT molecular complexity index is 167. The number of hydrogen-bond acceptors (Lipinski definition) is 3. The third-order valence-corrected chi connectivity index (χ3v) is 3.38. The number of rotatable bonds is 6. The highest BCUT2D eigenvalue weighted by Crippen LogP contribution is 2.28. The molecule has 1 saturated heterocycles. The highest BCUT2D eigenvalue weighted by atomic mass is 16.5. The maximum absolute atomic E-state index is 5.39. The second-order valence-electron chi connectivity index (χ2n) is 4.86. The van der Waals surface area contributed by atoms with Crippen LogP contribution in [0.15, 0.2) is 0 Å². The molecule has 0 saturated carbocycles. The molecule has 1 heterocycles. The van der Waals surface area contributed by atoms with E-state index in [2.05, 4.69) is 19.2 Å². The van der Waals surface area contributed by atoms with Crippen LogP contribution in [0.1, 0.15) is 33.1 Å². The fourth-order valence-corrected chi connectivity index (χ4v) is 1.95. The van der Waals surface area contributed by atoms with Crippen LogP contribution >= 0.6 is 0 Å². The van der Waals surface area contributed by atoms with Crippen molar-refractivity contribution in [2.24, 2.45) is 5.41 Å². The van der Waals surface area contributed by atoms with Crippen molar-refractivity contribution in [1.29, 1.82) is 0 Å². The first-order valence-corrected chi connectivity index (χ1v) is 6.00. The van der Waals surface area contributed by atoms with Gasteiger partial charge in [0.25, 0.3) is 0 Å². The molecule has 0 aliphatic carbocycles. The van der Waals surface area contributed by atoms with Crippen LogP contribution in [-0.4, -0.2) is 39.5 Å². The van der Waals surface area contributed by atoms with Gasteiger partial charge >= 0.3 is 0 Å². The van der Waals surface area contributed by atoms with Gasteiger partial charge in [0.05, 0.1) is 6.61 Å². The fraction of sp³-hybridized carbons (Fsp3) is 1.00. The standard InChI is InChI=1S/C12H25NO2/c1-4-11(9-14-3)13-10-12(2)5-7-15-8-6-12/h11,13H,4-10H2,1-3H3. The lowest BCUT2D eigenvalue weighted by Crippen LogP contribution is -2.42. The van der Waals surface area contributed by atoms with Crippen molar-refractivity contribution < 1.29 is 9.47 Å². The number of hydrogen-bond donors (Lipinski definition) is 1. The molecular formula is C12H25NO2. The molecule has 1 fully saturated rings. The topological polar surface area (TPSA) is 30.5 Å². The molecule has 3 heteroatoms. The molecule has 0 radical (unpaired) electrons. The molecule has 1 aliphatic heterocycles. The van der Waals surface area contributed by atoms with Crippen LogP contribution < -0.4 is 5.32 Å². The van der Waals surface area contributed by atoms with E-state index in [1.165, 1.54) is 12.8 Å². The smallest absolute Gasteiger partial charge is 0.0615 e. The molecule has 1 rings (SSSR count). The Hall–Kier alpha value is -0.120. The van der Waals surface area contributed by atoms with Gasteiger partial charge in [-0.3, -0.25) is 0 Å². The monoisotopic (exact) mass is 215 g/mol. The van der Waals surface area contributed by atoms with Crippen LogP contribution in [0.4, 0.5) is 0 Å². The van der Waals surface area contributed by atoms with Crippen molar-refractivity contribution in [3.63, 3.8) is 0 Å². The molecule has 0 aromatic carbocycles. The van der Waals surface area contributed by atoms with Gasteiger partial charge in [-0.15, -0.1) is 0 Å². The summed E-state index contributed by atoms with van der Waals surface area (Å²) in [6, 6.07) is 0.495. The molecule has 1 unspecified atom stereocenters. The summed E-state index contributed by atoms with van der Waals surface area (Å²) in [6.45, 7) is 8.27. The number of nitrogens with one attached hydrogen (secondary N) is 1. The minimum atomic E-state index is 0.416. The van der Waals surface area contributed by atoms with Gasteiger partial charge in [0.1, 0.15) is 0 Å². The summed E-state index contributed by atoms with van der Waals surface area (Å²) in [5, 5.41) is 3.60. The van der Waals surface area contributed by atoms with E-state index >= 15 is 0 Å². The normalized spacial score (nSPS) is 22.6. The maximum Gasteiger partial charge on any atom is 0.0615 e. The van der Waals surface area contributed by atoms with Gasteiger partial charge in [-0.1, -0.05) is 13.8 Å². The van der Waals surface area contributed by atoms with Crippen molar-refractivity contribution in [2.75, 3.05) is 33.5 Å². The van der Waals surface area contributed by atoms with E-state index in [1.807, 2.05) is 0 Å². The van der Waals surface area contributed by atoms with Crippen molar-refractivity contribution in [2.45, 2.75) is 39.2 Å². The predicted octanol–water partition coefficient (Wildman–Crippen LogP) is 1.82. The zero-order valence-electron chi connectivity index (χ0n) is 10.3. The van der Waals surface area contributed by atoms with Crippen molar-refractivity contribution in [3.05, 3.63) is 0 Å². The average molecular weight is 215 g/mol. The first-order chi connectivity index (χ1) is 7.20. The van der Waals surface area contributed by atoms with E-state index in [0.717, 1.165) is 32.8 Å². The van der Waals surface area contributed by atoms with Gasteiger partial charge in [0, 0.05) is 32.9 Å². The van der Waals surface area contributed by atoms with Crippen LogP contribution in [-0.2, 0) is 9.47 Å². The third kappa shape index (κ3) is 4.49. The Morgan fingerprint density at radius 2 is 2.07 bits per heavy atom. The Morgan fingerprint density at radius 3 is 2.60 bits per heavy atom.